The van der Waals surface area contributed by atoms with Gasteiger partial charge in [-0.2, -0.15) is 0 Å². The molecule has 0 aromatic carbocycles. The third-order valence-electron chi connectivity index (χ3n) is 3.17. The second-order valence-electron chi connectivity index (χ2n) is 8.18. The van der Waals surface area contributed by atoms with Crippen molar-refractivity contribution in [2.45, 2.75) is 66.6 Å². The average molecular weight is 371 g/mol. The van der Waals surface area contributed by atoms with Crippen LogP contribution in [0.15, 0.2) is 12.7 Å². The molecule has 7 nitrogen and oxygen atoms in total. The SMILES string of the molecule is C=CCOC(=O)[C@H](CC(C)C)OC(=O)C(C)(C)CNC(=O)OC(C)(C)C. The van der Waals surface area contributed by atoms with Gasteiger partial charge in [0.2, 0.25) is 0 Å². The fourth-order valence-electron chi connectivity index (χ4n) is 1.82. The molecule has 0 unspecified atom stereocenters. The lowest BCUT2D eigenvalue weighted by molar-refractivity contribution is -0.174. The number of carbonyl (C=O) groups excluding carboxylic acids is 3. The number of esters is 2. The number of carbonyl (C=O) groups is 3. The highest BCUT2D eigenvalue weighted by Crippen LogP contribution is 2.20. The van der Waals surface area contributed by atoms with Gasteiger partial charge in [0.05, 0.1) is 5.41 Å². The molecule has 0 aliphatic carbocycles. The molecular formula is C19H33NO6. The molecule has 0 aromatic rings. The first kappa shape index (κ1) is 23.9. The molecule has 0 rings (SSSR count). The first-order chi connectivity index (χ1) is 11.8. The Morgan fingerprint density at radius 2 is 1.69 bits per heavy atom. The first-order valence-corrected chi connectivity index (χ1v) is 8.74. The number of hydrogen-bond acceptors (Lipinski definition) is 6. The Hall–Kier alpha value is -2.05. The van der Waals surface area contributed by atoms with Crippen LogP contribution in [-0.4, -0.2) is 42.9 Å². The normalized spacial score (nSPS) is 12.9. The maximum atomic E-state index is 12.5. The fraction of sp³-hybridized carbons (Fsp3) is 0.737. The summed E-state index contributed by atoms with van der Waals surface area (Å²) in [4.78, 5) is 36.3. The zero-order valence-corrected chi connectivity index (χ0v) is 17.0. The van der Waals surface area contributed by atoms with E-state index in [4.69, 9.17) is 14.2 Å². The van der Waals surface area contributed by atoms with Crippen molar-refractivity contribution in [3.63, 3.8) is 0 Å². The van der Waals surface area contributed by atoms with Crippen LogP contribution in [0.25, 0.3) is 0 Å². The number of ether oxygens (including phenoxy) is 3. The van der Waals surface area contributed by atoms with Crippen molar-refractivity contribution in [2.75, 3.05) is 13.2 Å². The lowest BCUT2D eigenvalue weighted by Crippen LogP contribution is -2.44. The van der Waals surface area contributed by atoms with Crippen LogP contribution in [-0.2, 0) is 23.8 Å². The molecule has 1 N–H and O–H groups in total. The van der Waals surface area contributed by atoms with Gasteiger partial charge in [-0.15, -0.1) is 0 Å². The van der Waals surface area contributed by atoms with Gasteiger partial charge < -0.3 is 19.5 Å². The van der Waals surface area contributed by atoms with E-state index < -0.39 is 35.2 Å². The third-order valence-corrected chi connectivity index (χ3v) is 3.17. The van der Waals surface area contributed by atoms with E-state index in [0.29, 0.717) is 6.42 Å². The van der Waals surface area contributed by atoms with Gasteiger partial charge in [-0.1, -0.05) is 26.5 Å². The van der Waals surface area contributed by atoms with Gasteiger partial charge in [-0.05, 0) is 47.0 Å². The molecule has 7 heteroatoms. The van der Waals surface area contributed by atoms with E-state index >= 15 is 0 Å². The third kappa shape index (κ3) is 10.1. The largest absolute Gasteiger partial charge is 0.459 e. The van der Waals surface area contributed by atoms with E-state index in [2.05, 4.69) is 11.9 Å². The molecule has 0 saturated heterocycles. The van der Waals surface area contributed by atoms with E-state index in [-0.39, 0.29) is 19.1 Å². The molecule has 0 aromatic heterocycles. The monoisotopic (exact) mass is 371 g/mol. The molecule has 1 atom stereocenters. The number of nitrogens with one attached hydrogen (secondary N) is 1. The minimum atomic E-state index is -1.04. The van der Waals surface area contributed by atoms with Gasteiger partial charge >= 0.3 is 18.0 Å². The molecular weight excluding hydrogens is 338 g/mol. The summed E-state index contributed by atoms with van der Waals surface area (Å²) in [6.45, 7) is 15.9. The Morgan fingerprint density at radius 3 is 2.15 bits per heavy atom. The van der Waals surface area contributed by atoms with E-state index in [0.717, 1.165) is 0 Å². The molecule has 0 fully saturated rings. The number of amides is 1. The lowest BCUT2D eigenvalue weighted by Gasteiger charge is -2.27. The summed E-state index contributed by atoms with van der Waals surface area (Å²) in [5.74, 6) is -1.08. The minimum absolute atomic E-state index is 0.0108. The van der Waals surface area contributed by atoms with Crippen LogP contribution < -0.4 is 5.32 Å². The van der Waals surface area contributed by atoms with Crippen LogP contribution in [0.4, 0.5) is 4.79 Å². The molecule has 0 bridgehead atoms. The smallest absolute Gasteiger partial charge is 0.407 e. The maximum absolute atomic E-state index is 12.5. The summed E-state index contributed by atoms with van der Waals surface area (Å²) in [5.41, 5.74) is -1.67. The second kappa shape index (κ2) is 10.2. The van der Waals surface area contributed by atoms with Crippen LogP contribution in [0.1, 0.15) is 54.9 Å². The maximum Gasteiger partial charge on any atom is 0.407 e. The highest BCUT2D eigenvalue weighted by atomic mass is 16.6. The van der Waals surface area contributed by atoms with Crippen molar-refractivity contribution in [3.8, 4) is 0 Å². The Balaban J connectivity index is 4.84. The first-order valence-electron chi connectivity index (χ1n) is 8.74. The lowest BCUT2D eigenvalue weighted by atomic mass is 9.93. The molecule has 0 aliphatic rings. The summed E-state index contributed by atoms with van der Waals surface area (Å²) in [6.07, 6.45) is 0.170. The van der Waals surface area contributed by atoms with Gasteiger partial charge in [0.15, 0.2) is 6.10 Å². The summed E-state index contributed by atoms with van der Waals surface area (Å²) < 4.78 is 15.5. The minimum Gasteiger partial charge on any atom is -0.459 e. The van der Waals surface area contributed by atoms with Crippen LogP contribution in [0.3, 0.4) is 0 Å². The standard InChI is InChI=1S/C19H33NO6/c1-9-10-24-15(21)14(11-13(2)3)25-16(22)19(7,8)12-20-17(23)26-18(4,5)6/h9,13-14H,1,10-12H2,2-8H3,(H,20,23)/t14-/m0/s1. The highest BCUT2D eigenvalue weighted by Gasteiger charge is 2.35. The molecule has 0 spiro atoms. The van der Waals surface area contributed by atoms with Crippen LogP contribution >= 0.6 is 0 Å². The number of rotatable bonds is 9. The highest BCUT2D eigenvalue weighted by molar-refractivity contribution is 5.82. The quantitative estimate of drug-likeness (QED) is 0.380. The van der Waals surface area contributed by atoms with E-state index in [9.17, 15) is 14.4 Å². The summed E-state index contributed by atoms with van der Waals surface area (Å²) in [5, 5.41) is 2.55. The predicted molar refractivity (Wildman–Crippen MR) is 98.5 cm³/mol. The predicted octanol–water partition coefficient (Wildman–Crippen LogP) is 3.22. The zero-order chi connectivity index (χ0) is 20.5. The Labute approximate surface area is 156 Å². The van der Waals surface area contributed by atoms with E-state index in [1.165, 1.54) is 6.08 Å². The van der Waals surface area contributed by atoms with Crippen LogP contribution in [0.2, 0.25) is 0 Å². The second-order valence-corrected chi connectivity index (χ2v) is 8.18. The van der Waals surface area contributed by atoms with Gasteiger partial charge in [-0.25, -0.2) is 9.59 Å². The molecule has 150 valence electrons. The van der Waals surface area contributed by atoms with Crippen molar-refractivity contribution >= 4 is 18.0 Å². The summed E-state index contributed by atoms with van der Waals surface area (Å²) in [6, 6.07) is 0. The average Bonchev–Trinajstić information content (AvgIpc) is 2.47. The molecule has 0 radical (unpaired) electrons. The van der Waals surface area contributed by atoms with Gasteiger partial charge in [0, 0.05) is 6.54 Å². The van der Waals surface area contributed by atoms with Crippen molar-refractivity contribution in [3.05, 3.63) is 12.7 Å². The summed E-state index contributed by atoms with van der Waals surface area (Å²) >= 11 is 0. The molecule has 26 heavy (non-hydrogen) atoms. The Morgan fingerprint density at radius 1 is 1.12 bits per heavy atom. The van der Waals surface area contributed by atoms with Crippen LogP contribution in [0, 0.1) is 11.3 Å². The molecule has 1 amide bonds. The molecule has 0 aliphatic heterocycles. The van der Waals surface area contributed by atoms with Crippen LogP contribution in [0.5, 0.6) is 0 Å². The molecule has 0 heterocycles. The van der Waals surface area contributed by atoms with Gasteiger partial charge in [0.1, 0.15) is 12.2 Å². The van der Waals surface area contributed by atoms with Crippen molar-refractivity contribution < 1.29 is 28.6 Å². The number of hydrogen-bond donors (Lipinski definition) is 1. The van der Waals surface area contributed by atoms with Crippen molar-refractivity contribution in [1.82, 2.24) is 5.32 Å². The van der Waals surface area contributed by atoms with Crippen molar-refractivity contribution in [1.29, 1.82) is 0 Å². The fourth-order valence-corrected chi connectivity index (χ4v) is 1.82. The Bertz CT molecular complexity index is 505. The van der Waals surface area contributed by atoms with E-state index in [1.54, 1.807) is 34.6 Å². The zero-order valence-electron chi connectivity index (χ0n) is 17.0. The topological polar surface area (TPSA) is 90.9 Å². The molecule has 0 saturated carbocycles. The number of alkyl carbamates (subject to hydrolysis) is 1. The van der Waals surface area contributed by atoms with Gasteiger partial charge in [-0.3, -0.25) is 4.79 Å². The Kier molecular flexibility index (Phi) is 9.38. The van der Waals surface area contributed by atoms with Gasteiger partial charge in [0.25, 0.3) is 0 Å². The van der Waals surface area contributed by atoms with E-state index in [1.807, 2.05) is 13.8 Å². The van der Waals surface area contributed by atoms with Crippen molar-refractivity contribution in [2.24, 2.45) is 11.3 Å². The summed E-state index contributed by atoms with van der Waals surface area (Å²) in [7, 11) is 0.